The van der Waals surface area contributed by atoms with E-state index in [4.69, 9.17) is 15.2 Å². The number of nitrogens with two attached hydrogens (primary N) is 1. The molecule has 0 bridgehead atoms. The number of hydrogen-bond donors (Lipinski definition) is 2. The molecule has 0 radical (unpaired) electrons. The second-order valence-corrected chi connectivity index (χ2v) is 8.73. The van der Waals surface area contributed by atoms with Gasteiger partial charge >= 0.3 is 0 Å². The lowest BCUT2D eigenvalue weighted by Gasteiger charge is -2.15. The lowest BCUT2D eigenvalue weighted by Crippen LogP contribution is -2.09. The van der Waals surface area contributed by atoms with Crippen molar-refractivity contribution in [2.24, 2.45) is 5.73 Å². The summed E-state index contributed by atoms with van der Waals surface area (Å²) in [7, 11) is 1.57. The number of methoxy groups -OCH3 is 1. The molecule has 0 saturated heterocycles. The summed E-state index contributed by atoms with van der Waals surface area (Å²) in [5.41, 5.74) is 8.57. The molecule has 0 unspecified atom stereocenters. The molecule has 0 atom stereocenters. The first-order chi connectivity index (χ1) is 16.8. The van der Waals surface area contributed by atoms with E-state index >= 15 is 4.39 Å². The fourth-order valence-electron chi connectivity index (χ4n) is 3.75. The van der Waals surface area contributed by atoms with Gasteiger partial charge in [-0.25, -0.2) is 14.4 Å². The van der Waals surface area contributed by atoms with Gasteiger partial charge in [-0.1, -0.05) is 30.6 Å². The molecule has 0 aliphatic carbocycles. The lowest BCUT2D eigenvalue weighted by molar-refractivity contribution is -0.118. The Morgan fingerprint density at radius 2 is 1.89 bits per heavy atom. The van der Waals surface area contributed by atoms with Crippen LogP contribution in [0.3, 0.4) is 0 Å². The molecule has 3 aromatic rings. The average Bonchev–Trinajstić information content (AvgIpc) is 2.82. The van der Waals surface area contributed by atoms with Crippen LogP contribution in [0.4, 0.5) is 15.9 Å². The minimum atomic E-state index is -0.333. The van der Waals surface area contributed by atoms with Crippen LogP contribution >= 0.6 is 0 Å². The molecule has 1 aromatic heterocycles. The van der Waals surface area contributed by atoms with Crippen LogP contribution < -0.4 is 20.5 Å². The Balaban J connectivity index is 1.79. The van der Waals surface area contributed by atoms with E-state index in [0.717, 1.165) is 36.8 Å². The van der Waals surface area contributed by atoms with Crippen molar-refractivity contribution in [3.05, 3.63) is 53.1 Å². The standard InChI is InChI=1S/C27H33FN4O3/c1-17(2)13-19-18(3)10-11-21(26(19)28)32-27-20-14-23(34-4)24(15-22(20)30-16-31-27)35-12-8-6-5-7-9-25(29)33/h10-11,13-16H,5-9,12H2,1-4H3,(H2,29,33)(H,30,31,32). The maximum Gasteiger partial charge on any atom is 0.217 e. The third-order valence-corrected chi connectivity index (χ3v) is 5.58. The molecule has 35 heavy (non-hydrogen) atoms. The van der Waals surface area contributed by atoms with Crippen LogP contribution in [0.25, 0.3) is 17.0 Å². The number of ether oxygens (including phenoxy) is 2. The number of primary amides is 1. The van der Waals surface area contributed by atoms with Gasteiger partial charge in [0.25, 0.3) is 0 Å². The highest BCUT2D eigenvalue weighted by Crippen LogP contribution is 2.35. The van der Waals surface area contributed by atoms with Crippen molar-refractivity contribution in [2.75, 3.05) is 19.0 Å². The number of nitrogens with one attached hydrogen (secondary N) is 1. The summed E-state index contributed by atoms with van der Waals surface area (Å²) >= 11 is 0. The van der Waals surface area contributed by atoms with E-state index in [1.165, 1.54) is 6.33 Å². The van der Waals surface area contributed by atoms with E-state index < -0.39 is 0 Å². The normalized spacial score (nSPS) is 10.8. The number of hydrogen-bond acceptors (Lipinski definition) is 6. The SMILES string of the molecule is COc1cc2c(Nc3ccc(C)c(C=C(C)C)c3F)ncnc2cc1OCCCCCCC(N)=O. The molecule has 8 heteroatoms. The maximum absolute atomic E-state index is 15.3. The smallest absolute Gasteiger partial charge is 0.217 e. The number of halogens is 1. The number of anilines is 2. The highest BCUT2D eigenvalue weighted by molar-refractivity contribution is 5.93. The van der Waals surface area contributed by atoms with Crippen LogP contribution in [0.15, 0.2) is 36.2 Å². The monoisotopic (exact) mass is 480 g/mol. The Labute approximate surface area is 205 Å². The van der Waals surface area contributed by atoms with Gasteiger partial charge < -0.3 is 20.5 Å². The average molecular weight is 481 g/mol. The van der Waals surface area contributed by atoms with Gasteiger partial charge in [0.2, 0.25) is 5.91 Å². The Morgan fingerprint density at radius 1 is 1.11 bits per heavy atom. The van der Waals surface area contributed by atoms with E-state index in [1.54, 1.807) is 25.3 Å². The minimum Gasteiger partial charge on any atom is -0.493 e. The fraction of sp³-hybridized carbons (Fsp3) is 0.370. The number of carbonyl (C=O) groups is 1. The van der Waals surface area contributed by atoms with Gasteiger partial charge in [0.05, 0.1) is 24.9 Å². The zero-order valence-corrected chi connectivity index (χ0v) is 20.8. The van der Waals surface area contributed by atoms with Crippen LogP contribution in [0.2, 0.25) is 0 Å². The van der Waals surface area contributed by atoms with Crippen LogP contribution in [0, 0.1) is 12.7 Å². The molecule has 1 heterocycles. The van der Waals surface area contributed by atoms with E-state index in [9.17, 15) is 4.79 Å². The van der Waals surface area contributed by atoms with Gasteiger partial charge in [-0.3, -0.25) is 4.79 Å². The van der Waals surface area contributed by atoms with Crippen molar-refractivity contribution in [3.8, 4) is 11.5 Å². The number of fused-ring (bicyclic) bond motifs is 1. The highest BCUT2D eigenvalue weighted by atomic mass is 19.1. The zero-order chi connectivity index (χ0) is 25.4. The van der Waals surface area contributed by atoms with Gasteiger partial charge in [-0.15, -0.1) is 0 Å². The van der Waals surface area contributed by atoms with Crippen molar-refractivity contribution in [1.29, 1.82) is 0 Å². The predicted octanol–water partition coefficient (Wildman–Crippen LogP) is 6.07. The summed E-state index contributed by atoms with van der Waals surface area (Å²) < 4.78 is 26.7. The van der Waals surface area contributed by atoms with Crippen molar-refractivity contribution < 1.29 is 18.7 Å². The topological polar surface area (TPSA) is 99.4 Å². The highest BCUT2D eigenvalue weighted by Gasteiger charge is 2.15. The Hall–Kier alpha value is -3.68. The molecule has 0 aliphatic heterocycles. The first kappa shape index (κ1) is 25.9. The van der Waals surface area contributed by atoms with Crippen molar-refractivity contribution >= 4 is 34.4 Å². The van der Waals surface area contributed by atoms with Crippen molar-refractivity contribution in [3.63, 3.8) is 0 Å². The minimum absolute atomic E-state index is 0.267. The fourth-order valence-corrected chi connectivity index (χ4v) is 3.75. The molecule has 2 aromatic carbocycles. The molecule has 7 nitrogen and oxygen atoms in total. The first-order valence-corrected chi connectivity index (χ1v) is 11.7. The summed E-state index contributed by atoms with van der Waals surface area (Å²) in [6, 6.07) is 7.18. The van der Waals surface area contributed by atoms with Crippen LogP contribution in [-0.4, -0.2) is 29.6 Å². The second kappa shape index (κ2) is 12.1. The molecule has 0 saturated carbocycles. The number of aromatic nitrogens is 2. The largest absolute Gasteiger partial charge is 0.493 e. The number of benzene rings is 2. The number of carbonyl (C=O) groups excluding carboxylic acids is 1. The number of aryl methyl sites for hydroxylation is 1. The van der Waals surface area contributed by atoms with Gasteiger partial charge in [-0.05, 0) is 51.3 Å². The summed E-state index contributed by atoms with van der Waals surface area (Å²) in [5, 5.41) is 3.81. The van der Waals surface area contributed by atoms with Crippen LogP contribution in [0.1, 0.15) is 57.1 Å². The molecule has 1 amide bonds. The molecule has 0 fully saturated rings. The molecule has 0 aliphatic rings. The van der Waals surface area contributed by atoms with E-state index in [-0.39, 0.29) is 11.7 Å². The Bertz CT molecular complexity index is 1220. The Kier molecular flexibility index (Phi) is 9.00. The van der Waals surface area contributed by atoms with E-state index in [1.807, 2.05) is 32.9 Å². The molecule has 0 spiro atoms. The number of amides is 1. The molecular formula is C27H33FN4O3. The van der Waals surface area contributed by atoms with Crippen molar-refractivity contribution in [1.82, 2.24) is 9.97 Å². The van der Waals surface area contributed by atoms with Gasteiger partial charge in [0.15, 0.2) is 17.3 Å². The van der Waals surface area contributed by atoms with Gasteiger partial charge in [0, 0.05) is 23.4 Å². The second-order valence-electron chi connectivity index (χ2n) is 8.73. The predicted molar refractivity (Wildman–Crippen MR) is 138 cm³/mol. The molecular weight excluding hydrogens is 447 g/mol. The molecule has 3 rings (SSSR count). The third kappa shape index (κ3) is 6.91. The zero-order valence-electron chi connectivity index (χ0n) is 20.8. The van der Waals surface area contributed by atoms with Crippen molar-refractivity contribution in [2.45, 2.75) is 52.9 Å². The van der Waals surface area contributed by atoms with Crippen LogP contribution in [0.5, 0.6) is 11.5 Å². The molecule has 186 valence electrons. The van der Waals surface area contributed by atoms with Crippen LogP contribution in [-0.2, 0) is 4.79 Å². The number of nitrogens with zero attached hydrogens (tertiary/aromatic N) is 2. The summed E-state index contributed by atoms with van der Waals surface area (Å²) in [6.45, 7) is 6.27. The number of allylic oxidation sites excluding steroid dienone is 1. The number of rotatable bonds is 12. The third-order valence-electron chi connectivity index (χ3n) is 5.58. The van der Waals surface area contributed by atoms with Gasteiger partial charge in [0.1, 0.15) is 12.1 Å². The first-order valence-electron chi connectivity index (χ1n) is 11.7. The number of unbranched alkanes of at least 4 members (excludes halogenated alkanes) is 3. The lowest BCUT2D eigenvalue weighted by atomic mass is 10.0. The Morgan fingerprint density at radius 3 is 2.60 bits per heavy atom. The van der Waals surface area contributed by atoms with Gasteiger partial charge in [-0.2, -0.15) is 0 Å². The summed E-state index contributed by atoms with van der Waals surface area (Å²) in [5.74, 6) is 0.991. The van der Waals surface area contributed by atoms with E-state index in [2.05, 4.69) is 15.3 Å². The van der Waals surface area contributed by atoms with E-state index in [0.29, 0.717) is 52.5 Å². The summed E-state index contributed by atoms with van der Waals surface area (Å²) in [6.07, 6.45) is 7.18. The maximum atomic E-state index is 15.3. The summed E-state index contributed by atoms with van der Waals surface area (Å²) in [4.78, 5) is 19.5. The molecule has 3 N–H and O–H groups in total. The quantitative estimate of drug-likeness (QED) is 0.305.